The van der Waals surface area contributed by atoms with Crippen molar-refractivity contribution >= 4 is 23.2 Å². The number of nitrogens with one attached hydrogen (secondary N) is 1. The summed E-state index contributed by atoms with van der Waals surface area (Å²) >= 11 is 0. The molecule has 1 N–H and O–H groups in total. The largest absolute Gasteiger partial charge is 0.362 e. The molecule has 2 aromatic rings. The van der Waals surface area contributed by atoms with E-state index in [2.05, 4.69) is 10.3 Å². The van der Waals surface area contributed by atoms with E-state index in [0.717, 1.165) is 5.56 Å². The van der Waals surface area contributed by atoms with E-state index >= 15 is 0 Å². The third-order valence-corrected chi connectivity index (χ3v) is 4.68. The van der Waals surface area contributed by atoms with Crippen molar-refractivity contribution in [1.82, 2.24) is 15.2 Å². The van der Waals surface area contributed by atoms with Gasteiger partial charge < -0.3 is 15.1 Å². The summed E-state index contributed by atoms with van der Waals surface area (Å²) < 4.78 is 0. The van der Waals surface area contributed by atoms with Gasteiger partial charge in [0.25, 0.3) is 11.6 Å². The van der Waals surface area contributed by atoms with Crippen LogP contribution in [0.3, 0.4) is 0 Å². The quantitative estimate of drug-likeness (QED) is 0.620. The number of carbonyl (C=O) groups excluding carboxylic acids is 2. The molecule has 1 fully saturated rings. The number of nitro groups is 1. The van der Waals surface area contributed by atoms with E-state index in [9.17, 15) is 19.7 Å². The van der Waals surface area contributed by atoms with Gasteiger partial charge in [-0.25, -0.2) is 0 Å². The molecule has 0 unspecified atom stereocenters. The molecular formula is C19H21N5O4. The van der Waals surface area contributed by atoms with Crippen LogP contribution in [0.25, 0.3) is 0 Å². The minimum absolute atomic E-state index is 0.00483. The van der Waals surface area contributed by atoms with Crippen LogP contribution in [0.15, 0.2) is 42.7 Å². The van der Waals surface area contributed by atoms with Crippen molar-refractivity contribution < 1.29 is 14.5 Å². The Bertz CT molecular complexity index is 879. The maximum atomic E-state index is 12.4. The fourth-order valence-electron chi connectivity index (χ4n) is 3.13. The lowest BCUT2D eigenvalue weighted by Gasteiger charge is -2.35. The molecule has 2 amide bonds. The van der Waals surface area contributed by atoms with Crippen molar-refractivity contribution in [1.29, 1.82) is 0 Å². The summed E-state index contributed by atoms with van der Waals surface area (Å²) in [6.07, 6.45) is 3.29. The Morgan fingerprint density at radius 2 is 1.96 bits per heavy atom. The third-order valence-electron chi connectivity index (χ3n) is 4.68. The average molecular weight is 383 g/mol. The van der Waals surface area contributed by atoms with E-state index in [1.807, 2.05) is 11.0 Å². The number of aromatic nitrogens is 1. The smallest absolute Gasteiger partial charge is 0.293 e. The summed E-state index contributed by atoms with van der Waals surface area (Å²) in [5.74, 6) is -0.394. The van der Waals surface area contributed by atoms with Crippen molar-refractivity contribution in [2.24, 2.45) is 0 Å². The Morgan fingerprint density at radius 3 is 2.57 bits per heavy atom. The lowest BCUT2D eigenvalue weighted by Crippen LogP contribution is -2.48. The average Bonchev–Trinajstić information content (AvgIpc) is 2.72. The molecule has 1 aliphatic rings. The summed E-state index contributed by atoms with van der Waals surface area (Å²) in [6.45, 7) is 3.84. The van der Waals surface area contributed by atoms with E-state index in [1.165, 1.54) is 13.0 Å². The molecule has 0 aliphatic carbocycles. The van der Waals surface area contributed by atoms with Gasteiger partial charge in [-0.1, -0.05) is 6.07 Å². The van der Waals surface area contributed by atoms with Crippen LogP contribution in [-0.2, 0) is 11.3 Å². The number of benzene rings is 1. The van der Waals surface area contributed by atoms with Crippen molar-refractivity contribution in [3.8, 4) is 0 Å². The van der Waals surface area contributed by atoms with Gasteiger partial charge in [-0.2, -0.15) is 0 Å². The summed E-state index contributed by atoms with van der Waals surface area (Å²) in [5.41, 5.74) is 1.40. The standard InChI is InChI=1S/C19H21N5O4/c1-14(25)22-7-9-23(10-8-22)17-5-4-16(11-18(17)24(27)28)19(26)21-13-15-3-2-6-20-12-15/h2-6,11-12H,7-10,13H2,1H3,(H,21,26). The molecule has 0 bridgehead atoms. The van der Waals surface area contributed by atoms with E-state index < -0.39 is 4.92 Å². The second kappa shape index (κ2) is 8.47. The number of piperazine rings is 1. The highest BCUT2D eigenvalue weighted by Gasteiger charge is 2.25. The molecule has 9 nitrogen and oxygen atoms in total. The molecule has 1 aliphatic heterocycles. The molecule has 1 aromatic carbocycles. The number of rotatable bonds is 5. The summed E-state index contributed by atoms with van der Waals surface area (Å²) in [7, 11) is 0. The molecule has 2 heterocycles. The fraction of sp³-hybridized carbons (Fsp3) is 0.316. The minimum Gasteiger partial charge on any atom is -0.362 e. The number of nitrogens with zero attached hydrogens (tertiary/aromatic N) is 4. The Kier molecular flexibility index (Phi) is 5.83. The van der Waals surface area contributed by atoms with Gasteiger partial charge in [0.1, 0.15) is 5.69 Å². The molecule has 0 saturated carbocycles. The number of amides is 2. The summed E-state index contributed by atoms with van der Waals surface area (Å²) in [4.78, 5) is 42.5. The zero-order valence-corrected chi connectivity index (χ0v) is 15.5. The molecule has 3 rings (SSSR count). The van der Waals surface area contributed by atoms with Crippen LogP contribution in [0, 0.1) is 10.1 Å². The zero-order valence-electron chi connectivity index (χ0n) is 15.5. The monoisotopic (exact) mass is 383 g/mol. The predicted molar refractivity (Wildman–Crippen MR) is 103 cm³/mol. The highest BCUT2D eigenvalue weighted by Crippen LogP contribution is 2.30. The molecule has 9 heteroatoms. The van der Waals surface area contributed by atoms with Gasteiger partial charge in [0.05, 0.1) is 4.92 Å². The number of carbonyl (C=O) groups is 2. The molecular weight excluding hydrogens is 362 g/mol. The molecule has 0 radical (unpaired) electrons. The van der Waals surface area contributed by atoms with E-state index in [4.69, 9.17) is 0 Å². The first kappa shape index (κ1) is 19.3. The molecule has 0 atom stereocenters. The molecule has 1 aromatic heterocycles. The topological polar surface area (TPSA) is 109 Å². The Hall–Kier alpha value is -3.49. The van der Waals surface area contributed by atoms with E-state index in [1.54, 1.807) is 35.5 Å². The van der Waals surface area contributed by atoms with Crippen LogP contribution in [0.2, 0.25) is 0 Å². The van der Waals surface area contributed by atoms with Crippen molar-refractivity contribution in [3.05, 3.63) is 64.0 Å². The first-order chi connectivity index (χ1) is 13.5. The zero-order chi connectivity index (χ0) is 20.1. The summed E-state index contributed by atoms with van der Waals surface area (Å²) in [6, 6.07) is 8.08. The van der Waals surface area contributed by atoms with Gasteiger partial charge in [-0.3, -0.25) is 24.7 Å². The molecule has 1 saturated heterocycles. The number of anilines is 1. The highest BCUT2D eigenvalue weighted by atomic mass is 16.6. The van der Waals surface area contributed by atoms with Gasteiger partial charge in [0.2, 0.25) is 5.91 Å². The molecule has 0 spiro atoms. The van der Waals surface area contributed by atoms with Gasteiger partial charge in [0, 0.05) is 63.7 Å². The number of pyridine rings is 1. The maximum absolute atomic E-state index is 12.4. The predicted octanol–water partition coefficient (Wildman–Crippen LogP) is 1.59. The van der Waals surface area contributed by atoms with Crippen molar-refractivity contribution in [3.63, 3.8) is 0 Å². The van der Waals surface area contributed by atoms with E-state index in [-0.39, 0.29) is 29.6 Å². The SMILES string of the molecule is CC(=O)N1CCN(c2ccc(C(=O)NCc3cccnc3)cc2[N+](=O)[O-])CC1. The van der Waals surface area contributed by atoms with E-state index in [0.29, 0.717) is 31.9 Å². The van der Waals surface area contributed by atoms with Gasteiger partial charge in [-0.15, -0.1) is 0 Å². The lowest BCUT2D eigenvalue weighted by atomic mass is 10.1. The van der Waals surface area contributed by atoms with Gasteiger partial charge in [0.15, 0.2) is 0 Å². The number of hydrogen-bond donors (Lipinski definition) is 1. The fourth-order valence-corrected chi connectivity index (χ4v) is 3.13. The lowest BCUT2D eigenvalue weighted by molar-refractivity contribution is -0.384. The van der Waals surface area contributed by atoms with Crippen molar-refractivity contribution in [2.45, 2.75) is 13.5 Å². The number of hydrogen-bond acceptors (Lipinski definition) is 6. The Labute approximate surface area is 162 Å². The van der Waals surface area contributed by atoms with Crippen LogP contribution in [0.4, 0.5) is 11.4 Å². The first-order valence-electron chi connectivity index (χ1n) is 8.91. The molecule has 146 valence electrons. The van der Waals surface area contributed by atoms with Crippen molar-refractivity contribution in [2.75, 3.05) is 31.1 Å². The van der Waals surface area contributed by atoms with Gasteiger partial charge in [-0.05, 0) is 23.8 Å². The second-order valence-electron chi connectivity index (χ2n) is 6.50. The van der Waals surface area contributed by atoms with Crippen LogP contribution >= 0.6 is 0 Å². The normalized spacial score (nSPS) is 13.9. The Morgan fingerprint density at radius 1 is 1.21 bits per heavy atom. The van der Waals surface area contributed by atoms with Crippen LogP contribution < -0.4 is 10.2 Å². The highest BCUT2D eigenvalue weighted by molar-refractivity contribution is 5.95. The van der Waals surface area contributed by atoms with Crippen LogP contribution in [-0.4, -0.2) is 52.8 Å². The molecule has 28 heavy (non-hydrogen) atoms. The maximum Gasteiger partial charge on any atom is 0.293 e. The summed E-state index contributed by atoms with van der Waals surface area (Å²) in [5, 5.41) is 14.3. The minimum atomic E-state index is -0.482. The first-order valence-corrected chi connectivity index (χ1v) is 8.91. The van der Waals surface area contributed by atoms with Gasteiger partial charge >= 0.3 is 0 Å². The van der Waals surface area contributed by atoms with Crippen LogP contribution in [0.5, 0.6) is 0 Å². The second-order valence-corrected chi connectivity index (χ2v) is 6.50. The Balaban J connectivity index is 1.73. The third kappa shape index (κ3) is 4.43. The number of nitro benzene ring substituents is 1. The van der Waals surface area contributed by atoms with Crippen LogP contribution in [0.1, 0.15) is 22.8 Å².